The van der Waals surface area contributed by atoms with E-state index in [2.05, 4.69) is 0 Å². The van der Waals surface area contributed by atoms with Crippen molar-refractivity contribution in [1.82, 2.24) is 4.90 Å². The van der Waals surface area contributed by atoms with Crippen LogP contribution < -0.4 is 0 Å². The average Bonchev–Trinajstić information content (AvgIpc) is 2.53. The Bertz CT molecular complexity index is 530. The second-order valence-corrected chi connectivity index (χ2v) is 7.23. The molecule has 0 radical (unpaired) electrons. The number of amides is 1. The van der Waals surface area contributed by atoms with Gasteiger partial charge >= 0.3 is 0 Å². The van der Waals surface area contributed by atoms with Gasteiger partial charge in [-0.25, -0.2) is 0 Å². The van der Waals surface area contributed by atoms with Gasteiger partial charge in [-0.3, -0.25) is 9.00 Å². The molecule has 1 heterocycles. The van der Waals surface area contributed by atoms with Crippen molar-refractivity contribution in [2.24, 2.45) is 5.92 Å². The molecule has 2 rings (SSSR count). The molecule has 4 nitrogen and oxygen atoms in total. The first-order valence-electron chi connectivity index (χ1n) is 7.49. The summed E-state index contributed by atoms with van der Waals surface area (Å²) in [6.07, 6.45) is 1.45. The number of rotatable bonds is 4. The first-order valence-corrected chi connectivity index (χ1v) is 8.81. The van der Waals surface area contributed by atoms with E-state index >= 15 is 0 Å². The fourth-order valence-corrected chi connectivity index (χ4v) is 3.70. The van der Waals surface area contributed by atoms with E-state index in [1.807, 2.05) is 13.0 Å². The van der Waals surface area contributed by atoms with Crippen LogP contribution in [-0.4, -0.2) is 45.1 Å². The van der Waals surface area contributed by atoms with Crippen molar-refractivity contribution in [1.29, 1.82) is 0 Å². The van der Waals surface area contributed by atoms with Crippen molar-refractivity contribution in [2.45, 2.75) is 37.7 Å². The molecule has 0 aromatic heterocycles. The molecule has 3 unspecified atom stereocenters. The van der Waals surface area contributed by atoms with Crippen molar-refractivity contribution in [3.05, 3.63) is 29.8 Å². The van der Waals surface area contributed by atoms with Crippen molar-refractivity contribution in [3.8, 4) is 0 Å². The molecule has 1 aromatic carbocycles. The van der Waals surface area contributed by atoms with Crippen molar-refractivity contribution < 1.29 is 14.1 Å². The first-order chi connectivity index (χ1) is 10.0. The lowest BCUT2D eigenvalue weighted by atomic mass is 9.93. The number of likely N-dealkylation sites (tertiary alicyclic amines) is 1. The normalized spacial score (nSPS) is 21.9. The van der Waals surface area contributed by atoms with Crippen LogP contribution in [0.3, 0.4) is 0 Å². The summed E-state index contributed by atoms with van der Waals surface area (Å²) in [7, 11) is -1.14. The monoisotopic (exact) mass is 309 g/mol. The van der Waals surface area contributed by atoms with Gasteiger partial charge in [0, 0.05) is 24.8 Å². The van der Waals surface area contributed by atoms with E-state index in [0.29, 0.717) is 29.3 Å². The van der Waals surface area contributed by atoms with E-state index in [0.717, 1.165) is 12.8 Å². The number of aliphatic hydroxyl groups is 1. The van der Waals surface area contributed by atoms with Gasteiger partial charge in [0.25, 0.3) is 5.91 Å². The smallest absolute Gasteiger partial charge is 0.255 e. The Morgan fingerprint density at radius 1 is 1.48 bits per heavy atom. The maximum atomic E-state index is 12.7. The van der Waals surface area contributed by atoms with Crippen LogP contribution in [0.2, 0.25) is 0 Å². The summed E-state index contributed by atoms with van der Waals surface area (Å²) in [6.45, 7) is 4.90. The molecule has 1 amide bonds. The minimum atomic E-state index is -1.14. The Hall–Kier alpha value is -1.20. The molecule has 1 N–H and O–H groups in total. The number of hydrogen-bond donors (Lipinski definition) is 1. The van der Waals surface area contributed by atoms with Gasteiger partial charge in [0.2, 0.25) is 0 Å². The first kappa shape index (κ1) is 16.2. The van der Waals surface area contributed by atoms with Crippen LogP contribution in [0.1, 0.15) is 37.0 Å². The van der Waals surface area contributed by atoms with Gasteiger partial charge in [-0.1, -0.05) is 19.1 Å². The predicted molar refractivity (Wildman–Crippen MR) is 83.7 cm³/mol. The number of carbonyl (C=O) groups is 1. The van der Waals surface area contributed by atoms with Gasteiger partial charge in [0.1, 0.15) is 0 Å². The molecule has 1 aromatic rings. The highest BCUT2D eigenvalue weighted by Crippen LogP contribution is 2.23. The summed E-state index contributed by atoms with van der Waals surface area (Å²) in [5, 5.41) is 9.74. The molecule has 116 valence electrons. The van der Waals surface area contributed by atoms with Crippen molar-refractivity contribution in [2.75, 3.05) is 18.8 Å². The van der Waals surface area contributed by atoms with Gasteiger partial charge in [0.05, 0.1) is 27.4 Å². The molecule has 0 saturated carbocycles. The van der Waals surface area contributed by atoms with Gasteiger partial charge in [0.15, 0.2) is 0 Å². The Morgan fingerprint density at radius 2 is 2.19 bits per heavy atom. The standard InChI is InChI=1S/C16H23NO3S/c1-3-21(20)15-9-5-4-8-14(15)16(19)17-10-6-7-13(11-17)12(2)18/h4-5,8-9,12-13,18H,3,6-7,10-11H2,1-2H3. The number of piperidine rings is 1. The lowest BCUT2D eigenvalue weighted by Crippen LogP contribution is -2.43. The summed E-state index contributed by atoms with van der Waals surface area (Å²) in [5.74, 6) is 0.560. The second-order valence-electron chi connectivity index (χ2n) is 5.52. The number of carbonyl (C=O) groups excluding carboxylic acids is 1. The molecule has 3 atom stereocenters. The molecule has 0 spiro atoms. The van der Waals surface area contributed by atoms with E-state index in [-0.39, 0.29) is 11.8 Å². The lowest BCUT2D eigenvalue weighted by molar-refractivity contribution is 0.0463. The summed E-state index contributed by atoms with van der Waals surface area (Å²) in [5.41, 5.74) is 0.531. The van der Waals surface area contributed by atoms with Crippen LogP contribution in [0.15, 0.2) is 29.2 Å². The molecule has 1 aliphatic rings. The van der Waals surface area contributed by atoms with Crippen molar-refractivity contribution in [3.63, 3.8) is 0 Å². The van der Waals surface area contributed by atoms with Crippen LogP contribution in [0.25, 0.3) is 0 Å². The van der Waals surface area contributed by atoms with Crippen LogP contribution in [0.4, 0.5) is 0 Å². The van der Waals surface area contributed by atoms with E-state index in [4.69, 9.17) is 0 Å². The number of nitrogens with zero attached hydrogens (tertiary/aromatic N) is 1. The van der Waals surface area contributed by atoms with E-state index in [1.165, 1.54) is 0 Å². The third-order valence-corrected chi connectivity index (χ3v) is 5.42. The molecule has 1 saturated heterocycles. The lowest BCUT2D eigenvalue weighted by Gasteiger charge is -2.34. The van der Waals surface area contributed by atoms with Gasteiger partial charge in [-0.05, 0) is 31.9 Å². The van der Waals surface area contributed by atoms with E-state index < -0.39 is 16.9 Å². The van der Waals surface area contributed by atoms with Crippen LogP contribution in [0.5, 0.6) is 0 Å². The van der Waals surface area contributed by atoms with E-state index in [1.54, 1.807) is 30.0 Å². The fourth-order valence-electron chi connectivity index (χ4n) is 2.76. The molecule has 0 aliphatic carbocycles. The SMILES string of the molecule is CCS(=O)c1ccccc1C(=O)N1CCCC(C(C)O)C1. The molecule has 5 heteroatoms. The Morgan fingerprint density at radius 3 is 2.86 bits per heavy atom. The molecular formula is C16H23NO3S. The molecule has 1 aliphatic heterocycles. The Labute approximate surface area is 128 Å². The topological polar surface area (TPSA) is 57.6 Å². The summed E-state index contributed by atoms with van der Waals surface area (Å²) >= 11 is 0. The fraction of sp³-hybridized carbons (Fsp3) is 0.562. The minimum Gasteiger partial charge on any atom is -0.393 e. The molecular weight excluding hydrogens is 286 g/mol. The molecule has 0 bridgehead atoms. The minimum absolute atomic E-state index is 0.0715. The molecule has 21 heavy (non-hydrogen) atoms. The number of benzene rings is 1. The summed E-state index contributed by atoms with van der Waals surface area (Å²) in [6, 6.07) is 7.13. The highest BCUT2D eigenvalue weighted by atomic mass is 32.2. The third kappa shape index (κ3) is 3.71. The van der Waals surface area contributed by atoms with Crippen LogP contribution in [0, 0.1) is 5.92 Å². The van der Waals surface area contributed by atoms with Crippen molar-refractivity contribution >= 4 is 16.7 Å². The largest absolute Gasteiger partial charge is 0.393 e. The Kier molecular flexibility index (Phi) is 5.53. The third-order valence-electron chi connectivity index (χ3n) is 4.05. The highest BCUT2D eigenvalue weighted by molar-refractivity contribution is 7.85. The predicted octanol–water partition coefficient (Wildman–Crippen LogP) is 2.05. The zero-order valence-electron chi connectivity index (χ0n) is 12.6. The summed E-state index contributed by atoms with van der Waals surface area (Å²) < 4.78 is 12.1. The van der Waals surface area contributed by atoms with Crippen LogP contribution in [-0.2, 0) is 10.8 Å². The number of aliphatic hydroxyl groups excluding tert-OH is 1. The second kappa shape index (κ2) is 7.18. The number of hydrogen-bond acceptors (Lipinski definition) is 3. The highest BCUT2D eigenvalue weighted by Gasteiger charge is 2.28. The zero-order chi connectivity index (χ0) is 15.4. The average molecular weight is 309 g/mol. The molecule has 1 fully saturated rings. The quantitative estimate of drug-likeness (QED) is 0.926. The van der Waals surface area contributed by atoms with E-state index in [9.17, 15) is 14.1 Å². The van der Waals surface area contributed by atoms with Gasteiger partial charge in [-0.2, -0.15) is 0 Å². The zero-order valence-corrected chi connectivity index (χ0v) is 13.4. The summed E-state index contributed by atoms with van der Waals surface area (Å²) in [4.78, 5) is 15.1. The van der Waals surface area contributed by atoms with Crippen LogP contribution >= 0.6 is 0 Å². The van der Waals surface area contributed by atoms with Gasteiger partial charge < -0.3 is 10.0 Å². The Balaban J connectivity index is 2.22. The van der Waals surface area contributed by atoms with Gasteiger partial charge in [-0.15, -0.1) is 0 Å². The maximum Gasteiger partial charge on any atom is 0.255 e. The maximum absolute atomic E-state index is 12.7.